The fourth-order valence-electron chi connectivity index (χ4n) is 0.920. The van der Waals surface area contributed by atoms with Crippen LogP contribution >= 0.6 is 0 Å². The van der Waals surface area contributed by atoms with Crippen molar-refractivity contribution in [1.82, 2.24) is 0 Å². The first-order valence-electron chi connectivity index (χ1n) is 4.81. The Kier molecular flexibility index (Phi) is 6.29. The predicted molar refractivity (Wildman–Crippen MR) is 54.5 cm³/mol. The third kappa shape index (κ3) is 9.12. The molecule has 0 aliphatic carbocycles. The van der Waals surface area contributed by atoms with Crippen molar-refractivity contribution in [1.29, 1.82) is 0 Å². The van der Waals surface area contributed by atoms with E-state index >= 15 is 0 Å². The molecule has 0 spiro atoms. The minimum absolute atomic E-state index is 0.215. The monoisotopic (exact) mass is 184 g/mol. The Bertz CT molecular complexity index is 181. The highest BCUT2D eigenvalue weighted by Crippen LogP contribution is 2.10. The minimum atomic E-state index is -0.215. The molecule has 0 rings (SSSR count). The summed E-state index contributed by atoms with van der Waals surface area (Å²) in [6.07, 6.45) is 4.27. The number of carbonyl (C=O) groups is 1. The van der Waals surface area contributed by atoms with Crippen LogP contribution in [0.1, 0.15) is 40.5 Å². The van der Waals surface area contributed by atoms with Gasteiger partial charge in [0.25, 0.3) is 0 Å². The van der Waals surface area contributed by atoms with E-state index in [1.165, 1.54) is 18.9 Å². The molecule has 76 valence electrons. The minimum Gasteiger partial charge on any atom is -0.462 e. The Morgan fingerprint density at radius 2 is 2.00 bits per heavy atom. The lowest BCUT2D eigenvalue weighted by molar-refractivity contribution is -0.139. The van der Waals surface area contributed by atoms with E-state index in [4.69, 9.17) is 4.74 Å². The molecule has 0 atom stereocenters. The van der Waals surface area contributed by atoms with Gasteiger partial charge >= 0.3 is 5.97 Å². The summed E-state index contributed by atoms with van der Waals surface area (Å²) in [5.74, 6) is 0.519. The van der Waals surface area contributed by atoms with Crippen molar-refractivity contribution in [2.24, 2.45) is 5.92 Å². The average molecular weight is 184 g/mol. The summed E-state index contributed by atoms with van der Waals surface area (Å²) < 4.78 is 4.80. The Morgan fingerprint density at radius 1 is 1.38 bits per heavy atom. The zero-order valence-electron chi connectivity index (χ0n) is 9.09. The summed E-state index contributed by atoms with van der Waals surface area (Å²) in [4.78, 5) is 10.4. The van der Waals surface area contributed by atoms with Crippen molar-refractivity contribution < 1.29 is 9.53 Å². The van der Waals surface area contributed by atoms with Gasteiger partial charge in [-0.3, -0.25) is 4.79 Å². The van der Waals surface area contributed by atoms with Gasteiger partial charge in [-0.1, -0.05) is 19.4 Å². The lowest BCUT2D eigenvalue weighted by Gasteiger charge is -2.04. The first-order valence-corrected chi connectivity index (χ1v) is 4.81. The van der Waals surface area contributed by atoms with Gasteiger partial charge in [-0.25, -0.2) is 0 Å². The lowest BCUT2D eigenvalue weighted by atomic mass is 10.0. The van der Waals surface area contributed by atoms with Crippen LogP contribution in [0.2, 0.25) is 0 Å². The van der Waals surface area contributed by atoms with E-state index in [0.29, 0.717) is 6.61 Å². The van der Waals surface area contributed by atoms with E-state index in [0.717, 1.165) is 12.3 Å². The number of hydrogen-bond acceptors (Lipinski definition) is 2. The van der Waals surface area contributed by atoms with Crippen molar-refractivity contribution >= 4 is 5.97 Å². The zero-order valence-corrected chi connectivity index (χ0v) is 9.09. The molecule has 0 aromatic carbocycles. The van der Waals surface area contributed by atoms with Gasteiger partial charge in [0.1, 0.15) is 6.61 Å². The number of hydrogen-bond donors (Lipinski definition) is 0. The molecule has 0 radical (unpaired) electrons. The summed E-state index contributed by atoms with van der Waals surface area (Å²) >= 11 is 0. The van der Waals surface area contributed by atoms with E-state index in [-0.39, 0.29) is 5.97 Å². The molecule has 0 aliphatic rings. The topological polar surface area (TPSA) is 26.3 Å². The maximum absolute atomic E-state index is 10.4. The fourth-order valence-corrected chi connectivity index (χ4v) is 0.920. The zero-order chi connectivity index (χ0) is 10.3. The SMILES string of the molecule is CC(=O)OCC=C(C)CCC(C)C. The normalized spacial score (nSPS) is 11.9. The third-order valence-electron chi connectivity index (χ3n) is 1.83. The number of esters is 1. The Morgan fingerprint density at radius 3 is 2.46 bits per heavy atom. The maximum atomic E-state index is 10.4. The van der Waals surface area contributed by atoms with E-state index in [2.05, 4.69) is 20.8 Å². The summed E-state index contributed by atoms with van der Waals surface area (Å²) in [7, 11) is 0. The second-order valence-corrected chi connectivity index (χ2v) is 3.79. The van der Waals surface area contributed by atoms with Crippen LogP contribution < -0.4 is 0 Å². The first kappa shape index (κ1) is 12.2. The third-order valence-corrected chi connectivity index (χ3v) is 1.83. The molecule has 2 heteroatoms. The molecule has 0 aromatic heterocycles. The van der Waals surface area contributed by atoms with Gasteiger partial charge in [0.15, 0.2) is 0 Å². The van der Waals surface area contributed by atoms with Gasteiger partial charge in [0.2, 0.25) is 0 Å². The molecule has 0 unspecified atom stereocenters. The van der Waals surface area contributed by atoms with Crippen LogP contribution in [0.5, 0.6) is 0 Å². The number of allylic oxidation sites excluding steroid dienone is 1. The van der Waals surface area contributed by atoms with Gasteiger partial charge in [0.05, 0.1) is 0 Å². The lowest BCUT2D eigenvalue weighted by Crippen LogP contribution is -1.98. The first-order chi connectivity index (χ1) is 6.02. The Hall–Kier alpha value is -0.790. The summed E-state index contributed by atoms with van der Waals surface area (Å²) in [6, 6.07) is 0. The molecule has 0 fully saturated rings. The molecular weight excluding hydrogens is 164 g/mol. The van der Waals surface area contributed by atoms with Crippen LogP contribution in [0.15, 0.2) is 11.6 Å². The quantitative estimate of drug-likeness (QED) is 0.485. The summed E-state index contributed by atoms with van der Waals surface area (Å²) in [6.45, 7) is 8.33. The molecule has 0 aliphatic heterocycles. The summed E-state index contributed by atoms with van der Waals surface area (Å²) in [5.41, 5.74) is 1.30. The Balaban J connectivity index is 3.57. The second-order valence-electron chi connectivity index (χ2n) is 3.79. The average Bonchev–Trinajstić information content (AvgIpc) is 2.00. The van der Waals surface area contributed by atoms with Crippen molar-refractivity contribution in [3.8, 4) is 0 Å². The van der Waals surface area contributed by atoms with Gasteiger partial charge in [0, 0.05) is 6.92 Å². The van der Waals surface area contributed by atoms with E-state index < -0.39 is 0 Å². The molecule has 0 aromatic rings. The van der Waals surface area contributed by atoms with Gasteiger partial charge < -0.3 is 4.74 Å². The van der Waals surface area contributed by atoms with Crippen LogP contribution in [-0.4, -0.2) is 12.6 Å². The van der Waals surface area contributed by atoms with E-state index in [1.54, 1.807) is 0 Å². The molecule has 0 saturated heterocycles. The van der Waals surface area contributed by atoms with E-state index in [1.807, 2.05) is 6.08 Å². The van der Waals surface area contributed by atoms with Crippen molar-refractivity contribution in [2.45, 2.75) is 40.5 Å². The molecule has 0 amide bonds. The van der Waals surface area contributed by atoms with Crippen LogP contribution in [0.3, 0.4) is 0 Å². The highest BCUT2D eigenvalue weighted by Gasteiger charge is 1.95. The number of carbonyl (C=O) groups excluding carboxylic acids is 1. The van der Waals surface area contributed by atoms with Crippen LogP contribution in [0.25, 0.3) is 0 Å². The highest BCUT2D eigenvalue weighted by molar-refractivity contribution is 5.66. The number of ether oxygens (including phenoxy) is 1. The van der Waals surface area contributed by atoms with Gasteiger partial charge in [-0.15, -0.1) is 0 Å². The largest absolute Gasteiger partial charge is 0.462 e. The molecule has 0 N–H and O–H groups in total. The van der Waals surface area contributed by atoms with Gasteiger partial charge in [-0.05, 0) is 31.8 Å². The predicted octanol–water partition coefficient (Wildman–Crippen LogP) is 2.93. The van der Waals surface area contributed by atoms with Crippen molar-refractivity contribution in [3.63, 3.8) is 0 Å². The molecule has 0 saturated carbocycles. The van der Waals surface area contributed by atoms with Crippen LogP contribution in [-0.2, 0) is 9.53 Å². The van der Waals surface area contributed by atoms with Crippen molar-refractivity contribution in [2.75, 3.05) is 6.61 Å². The van der Waals surface area contributed by atoms with Crippen LogP contribution in [0, 0.1) is 5.92 Å². The maximum Gasteiger partial charge on any atom is 0.302 e. The smallest absolute Gasteiger partial charge is 0.302 e. The van der Waals surface area contributed by atoms with Crippen LogP contribution in [0.4, 0.5) is 0 Å². The number of rotatable bonds is 5. The van der Waals surface area contributed by atoms with Crippen molar-refractivity contribution in [3.05, 3.63) is 11.6 Å². The highest BCUT2D eigenvalue weighted by atomic mass is 16.5. The molecular formula is C11H20O2. The van der Waals surface area contributed by atoms with E-state index in [9.17, 15) is 4.79 Å². The molecule has 13 heavy (non-hydrogen) atoms. The molecule has 0 bridgehead atoms. The fraction of sp³-hybridized carbons (Fsp3) is 0.727. The second kappa shape index (κ2) is 6.70. The summed E-state index contributed by atoms with van der Waals surface area (Å²) in [5, 5.41) is 0. The molecule has 0 heterocycles. The molecule has 2 nitrogen and oxygen atoms in total. The Labute approximate surface area is 81.0 Å². The van der Waals surface area contributed by atoms with Gasteiger partial charge in [-0.2, -0.15) is 0 Å². The standard InChI is InChI=1S/C11H20O2/c1-9(2)5-6-10(3)7-8-13-11(4)12/h7,9H,5-6,8H2,1-4H3.